The van der Waals surface area contributed by atoms with E-state index in [9.17, 15) is 74.6 Å². The first-order valence-corrected chi connectivity index (χ1v) is 36.5. The van der Waals surface area contributed by atoms with Crippen molar-refractivity contribution >= 4 is 93.3 Å². The van der Waals surface area contributed by atoms with E-state index in [-0.39, 0.29) is 89.6 Å². The Hall–Kier alpha value is -11.4. The average molecular weight is 1590 g/mol. The molecule has 0 radical (unpaired) electrons. The van der Waals surface area contributed by atoms with Crippen molar-refractivity contribution in [2.75, 3.05) is 32.8 Å². The van der Waals surface area contributed by atoms with Crippen LogP contribution in [0, 0.1) is 5.92 Å². The number of aliphatic imine (C=N–C) groups is 1. The molecule has 6 aromatic rings. The standard InChI is InChI=1S/C76H92ClF6N17O12/c1-44(2)32-56(65(104)93-55(73(112)100-31-11-17-63(100)72(111)91-45(3)64(84)103)16-7-8-28-88-74(89-42-75(78,79)80)90-43-76(81,82)83)94-69(108)60(37-50-12-9-26-86-39-50)96-68(107)59(35-48-24-29-85-30-25-48)98-71(110)62(41-101)99-70(109)61(38-51-13-10-27-87-40-51)97-67(106)58(34-47-19-22-54(77)23-20-47)95-66(105)57(92-46(4)102)36-49-18-21-52-14-5-6-15-53(52)33-49/h5-6,9-10,12-15,18-27,29-30,33,39-40,44-45,55-63,101H,7-8,11,16-17,28,31-32,34-38,41-43H2,1-4H3,(H2,84,103)(H,91,111)(H,92,102)(H,93,104)(H,94,108)(H,95,105)(H,96,107)(H,97,106)(H,98,110)(H,99,109)(H2,88,89,90)/t45-,55+,56+,57-,58-,59+,60-,61-,62+,63+/m1/s1. The Morgan fingerprint density at radius 1 is 0.527 bits per heavy atom. The monoisotopic (exact) mass is 1580 g/mol. The molecule has 29 nitrogen and oxygen atoms in total. The van der Waals surface area contributed by atoms with E-state index in [1.165, 1.54) is 68.1 Å². The molecule has 0 aliphatic carbocycles. The topological polar surface area (TPSA) is 421 Å². The summed E-state index contributed by atoms with van der Waals surface area (Å²) in [6.07, 6.45) is -2.28. The van der Waals surface area contributed by atoms with Crippen molar-refractivity contribution < 1.29 is 84.2 Å². The van der Waals surface area contributed by atoms with Gasteiger partial charge in [-0.25, -0.2) is 0 Å². The number of guanidine groups is 1. The zero-order chi connectivity index (χ0) is 81.7. The predicted molar refractivity (Wildman–Crippen MR) is 400 cm³/mol. The van der Waals surface area contributed by atoms with Crippen molar-refractivity contribution in [2.45, 2.75) is 171 Å². The quantitative estimate of drug-likeness (QED) is 0.0114. The Bertz CT molecular complexity index is 4190. The van der Waals surface area contributed by atoms with Gasteiger partial charge in [0.25, 0.3) is 0 Å². The minimum absolute atomic E-state index is 0.0105. The summed E-state index contributed by atoms with van der Waals surface area (Å²) in [5.41, 5.74) is 7.82. The summed E-state index contributed by atoms with van der Waals surface area (Å²) < 4.78 is 78.8. The van der Waals surface area contributed by atoms with Gasteiger partial charge >= 0.3 is 12.4 Å². The van der Waals surface area contributed by atoms with Gasteiger partial charge in [0.1, 0.15) is 73.5 Å². The lowest BCUT2D eigenvalue weighted by atomic mass is 9.99. The first-order valence-electron chi connectivity index (χ1n) is 36.2. The van der Waals surface area contributed by atoms with Crippen molar-refractivity contribution in [1.82, 2.24) is 78.3 Å². The highest BCUT2D eigenvalue weighted by Crippen LogP contribution is 2.23. The van der Waals surface area contributed by atoms with E-state index >= 15 is 9.59 Å². The number of pyridine rings is 3. The van der Waals surface area contributed by atoms with E-state index in [1.54, 1.807) is 73.0 Å². The Balaban J connectivity index is 1.13. The normalized spacial score (nSPS) is 15.2. The molecule has 3 aromatic heterocycles. The zero-order valence-corrected chi connectivity index (χ0v) is 62.6. The number of aliphatic hydroxyl groups is 1. The molecule has 4 heterocycles. The van der Waals surface area contributed by atoms with Gasteiger partial charge in [-0.05, 0) is 126 Å². The van der Waals surface area contributed by atoms with Gasteiger partial charge in [-0.3, -0.25) is 72.7 Å². The van der Waals surface area contributed by atoms with Gasteiger partial charge in [0.15, 0.2) is 5.96 Å². The Labute approximate surface area is 646 Å². The molecule has 7 rings (SSSR count). The van der Waals surface area contributed by atoms with Crippen LogP contribution >= 0.6 is 11.6 Å². The van der Waals surface area contributed by atoms with Gasteiger partial charge in [0, 0.05) is 94.3 Å². The third-order valence-corrected chi connectivity index (χ3v) is 18.1. The number of carbonyl (C=O) groups is 11. The number of nitrogens with zero attached hydrogens (tertiary/aromatic N) is 5. The van der Waals surface area contributed by atoms with E-state index in [1.807, 2.05) is 42.5 Å². The van der Waals surface area contributed by atoms with Crippen LogP contribution < -0.4 is 64.2 Å². The molecular weight excluding hydrogens is 1490 g/mol. The summed E-state index contributed by atoms with van der Waals surface area (Å²) in [6.45, 7) is 1.04. The molecule has 3 aromatic carbocycles. The van der Waals surface area contributed by atoms with Crippen molar-refractivity contribution in [3.05, 3.63) is 173 Å². The lowest BCUT2D eigenvalue weighted by Gasteiger charge is -2.31. The largest absolute Gasteiger partial charge is 0.405 e. The van der Waals surface area contributed by atoms with Crippen LogP contribution in [-0.2, 0) is 84.8 Å². The molecule has 0 saturated carbocycles. The summed E-state index contributed by atoms with van der Waals surface area (Å²) >= 11 is 6.23. The molecule has 1 saturated heterocycles. The van der Waals surface area contributed by atoms with Crippen LogP contribution in [0.3, 0.4) is 0 Å². The molecule has 1 aliphatic rings. The maximum absolute atomic E-state index is 15.0. The molecule has 1 aliphatic heterocycles. The number of likely N-dealkylation sites (tertiary alicyclic amines) is 1. The fraction of sp³-hybridized carbons (Fsp3) is 0.434. The van der Waals surface area contributed by atoms with Gasteiger partial charge in [-0.15, -0.1) is 0 Å². The number of aliphatic hydroxyl groups excluding tert-OH is 1. The van der Waals surface area contributed by atoms with Crippen LogP contribution in [0.2, 0.25) is 5.02 Å². The van der Waals surface area contributed by atoms with E-state index in [2.05, 4.69) is 67.8 Å². The summed E-state index contributed by atoms with van der Waals surface area (Å²) in [4.78, 5) is 174. The Kier molecular flexibility index (Phi) is 33.5. The van der Waals surface area contributed by atoms with Gasteiger partial charge in [-0.1, -0.05) is 92.2 Å². The Morgan fingerprint density at radius 3 is 1.47 bits per heavy atom. The molecule has 112 heavy (non-hydrogen) atoms. The summed E-state index contributed by atoms with van der Waals surface area (Å²) in [7, 11) is 0. The number of unbranched alkanes of at least 4 members (excludes halogenated alkanes) is 1. The second kappa shape index (κ2) is 42.7. The van der Waals surface area contributed by atoms with Crippen LogP contribution in [-0.4, -0.2) is 201 Å². The first-order chi connectivity index (χ1) is 53.2. The predicted octanol–water partition coefficient (Wildman–Crippen LogP) is 2.94. The number of fused-ring (bicyclic) bond motifs is 1. The van der Waals surface area contributed by atoms with Gasteiger partial charge in [0.2, 0.25) is 65.0 Å². The average Bonchev–Trinajstić information content (AvgIpc) is 1.61. The number of primary amides is 1. The van der Waals surface area contributed by atoms with Crippen LogP contribution in [0.4, 0.5) is 26.3 Å². The summed E-state index contributed by atoms with van der Waals surface area (Å²) in [5.74, 6) is -10.9. The van der Waals surface area contributed by atoms with E-state index < -0.39 is 163 Å². The van der Waals surface area contributed by atoms with Gasteiger partial charge in [-0.2, -0.15) is 26.3 Å². The number of hydrogen-bond donors (Lipinski definition) is 13. The van der Waals surface area contributed by atoms with Crippen molar-refractivity contribution in [3.63, 3.8) is 0 Å². The van der Waals surface area contributed by atoms with E-state index in [0.29, 0.717) is 32.8 Å². The van der Waals surface area contributed by atoms with Crippen molar-refractivity contribution in [1.29, 1.82) is 0 Å². The zero-order valence-electron chi connectivity index (χ0n) is 61.8. The highest BCUT2D eigenvalue weighted by atomic mass is 35.5. The molecular formula is C76H92ClF6N17O12. The molecule has 602 valence electrons. The molecule has 1 fully saturated rings. The fourth-order valence-electron chi connectivity index (χ4n) is 12.2. The van der Waals surface area contributed by atoms with Gasteiger partial charge < -0.3 is 74.2 Å². The molecule has 0 unspecified atom stereocenters. The number of rotatable bonds is 39. The number of nitrogens with two attached hydrogens (primary N) is 1. The minimum atomic E-state index is -4.83. The highest BCUT2D eigenvalue weighted by molar-refractivity contribution is 6.30. The highest BCUT2D eigenvalue weighted by Gasteiger charge is 2.41. The van der Waals surface area contributed by atoms with Crippen LogP contribution in [0.25, 0.3) is 10.8 Å². The molecule has 0 spiro atoms. The second-order valence-corrected chi connectivity index (χ2v) is 27.8. The Morgan fingerprint density at radius 2 is 0.982 bits per heavy atom. The SMILES string of the molecule is CC(=O)N[C@H](Cc1ccc2ccccc2c1)C(=O)N[C@H](Cc1ccc(Cl)cc1)C(=O)N[C@H](Cc1cccnc1)C(=O)N[C@@H](CO)C(=O)N[C@@H](Cc1ccncc1)C(=O)N[C@H](Cc1cccnc1)C(=O)N[C@@H](CC(C)C)C(=O)N[C@@H](CCCCN=C(NCC(F)(F)F)NCC(F)(F)F)C(=O)N1CCC[C@H]1C(=O)N[C@H](C)C(N)=O. The number of nitrogens with one attached hydrogen (secondary N) is 11. The number of amides is 11. The van der Waals surface area contributed by atoms with Crippen LogP contribution in [0.5, 0.6) is 0 Å². The summed E-state index contributed by atoms with van der Waals surface area (Å²) in [5, 5.41) is 40.5. The fourth-order valence-corrected chi connectivity index (χ4v) is 12.3. The van der Waals surface area contributed by atoms with Crippen molar-refractivity contribution in [2.24, 2.45) is 16.6 Å². The van der Waals surface area contributed by atoms with E-state index in [0.717, 1.165) is 10.8 Å². The second-order valence-electron chi connectivity index (χ2n) is 27.4. The molecule has 10 atom stereocenters. The number of alkyl halides is 6. The number of halogens is 7. The van der Waals surface area contributed by atoms with Crippen molar-refractivity contribution in [3.8, 4) is 0 Å². The molecule has 14 N–H and O–H groups in total. The molecule has 11 amide bonds. The third kappa shape index (κ3) is 29.5. The number of aromatic nitrogens is 3. The lowest BCUT2D eigenvalue weighted by Crippen LogP contribution is -2.62. The maximum Gasteiger partial charge on any atom is 0.405 e. The summed E-state index contributed by atoms with van der Waals surface area (Å²) in [6, 6.07) is 14.2. The lowest BCUT2D eigenvalue weighted by molar-refractivity contribution is -0.142. The van der Waals surface area contributed by atoms with E-state index in [4.69, 9.17) is 17.3 Å². The smallest absolute Gasteiger partial charge is 0.394 e. The van der Waals surface area contributed by atoms with Crippen LogP contribution in [0.1, 0.15) is 94.0 Å². The van der Waals surface area contributed by atoms with Crippen LogP contribution in [0.15, 0.2) is 145 Å². The molecule has 36 heteroatoms. The first kappa shape index (κ1) is 87.9. The number of benzene rings is 3. The number of hydrogen-bond acceptors (Lipinski definition) is 16. The third-order valence-electron chi connectivity index (χ3n) is 17.8. The number of carbonyl (C=O) groups excluding carboxylic acids is 11. The molecule has 0 bridgehead atoms. The maximum atomic E-state index is 15.0. The van der Waals surface area contributed by atoms with Gasteiger partial charge in [0.05, 0.1) is 6.61 Å². The minimum Gasteiger partial charge on any atom is -0.394 e.